The fraction of sp³-hybridized carbons (Fsp3) is 0.0952. The van der Waals surface area contributed by atoms with Crippen LogP contribution in [0.1, 0.15) is 21.8 Å². The number of amidine groups is 1. The van der Waals surface area contributed by atoms with E-state index in [-0.39, 0.29) is 5.69 Å². The van der Waals surface area contributed by atoms with Gasteiger partial charge in [0.15, 0.2) is 5.01 Å². The molecule has 0 spiro atoms. The number of aromatic nitrogens is 1. The topological polar surface area (TPSA) is 126 Å². The van der Waals surface area contributed by atoms with Crippen LogP contribution in [-0.4, -0.2) is 34.7 Å². The average Bonchev–Trinajstić information content (AvgIpc) is 3.24. The molecule has 0 bridgehead atoms. The number of nitrogens with zero attached hydrogens (tertiary/aromatic N) is 3. The second kappa shape index (κ2) is 8.82. The van der Waals surface area contributed by atoms with Crippen LogP contribution in [0.4, 0.5) is 18.9 Å². The van der Waals surface area contributed by atoms with Crippen LogP contribution in [0.5, 0.6) is 0 Å². The van der Waals surface area contributed by atoms with E-state index in [0.29, 0.717) is 28.3 Å². The van der Waals surface area contributed by atoms with Crippen molar-refractivity contribution in [3.63, 3.8) is 0 Å². The molecule has 1 atom stereocenters. The number of para-hydroxylation sites is 1. The number of nitrogens with one attached hydrogen (secondary N) is 2. The van der Waals surface area contributed by atoms with Gasteiger partial charge < -0.3 is 15.8 Å². The highest BCUT2D eigenvalue weighted by molar-refractivity contribution is 7.09. The van der Waals surface area contributed by atoms with E-state index < -0.39 is 35.2 Å². The maximum atomic E-state index is 12.7. The Morgan fingerprint density at radius 3 is 2.55 bits per heavy atom. The molecule has 0 saturated carbocycles. The smallest absolute Gasteiger partial charge is 0.405 e. The minimum Gasteiger partial charge on any atom is -0.405 e. The summed E-state index contributed by atoms with van der Waals surface area (Å²) in [7, 11) is 0. The van der Waals surface area contributed by atoms with Crippen LogP contribution in [0.2, 0.25) is 0 Å². The van der Waals surface area contributed by atoms with Gasteiger partial charge >= 0.3 is 6.18 Å². The molecule has 33 heavy (non-hydrogen) atoms. The van der Waals surface area contributed by atoms with Crippen molar-refractivity contribution >= 4 is 40.6 Å². The van der Waals surface area contributed by atoms with E-state index in [9.17, 15) is 18.0 Å². The maximum absolute atomic E-state index is 12.7. The monoisotopic (exact) mass is 472 g/mol. The van der Waals surface area contributed by atoms with Crippen molar-refractivity contribution in [1.82, 2.24) is 4.98 Å². The summed E-state index contributed by atoms with van der Waals surface area (Å²) in [5, 5.41) is 10.4. The average molecular weight is 472 g/mol. The number of hydrogen-bond acceptors (Lipinski definition) is 7. The number of fused-ring (bicyclic) bond motifs is 1. The molecule has 0 aliphatic carbocycles. The van der Waals surface area contributed by atoms with Crippen molar-refractivity contribution in [2.75, 3.05) is 5.32 Å². The summed E-state index contributed by atoms with van der Waals surface area (Å²) in [6.45, 7) is 0. The van der Waals surface area contributed by atoms with Gasteiger partial charge in [-0.15, -0.1) is 11.3 Å². The van der Waals surface area contributed by atoms with Crippen molar-refractivity contribution in [2.24, 2.45) is 15.7 Å². The van der Waals surface area contributed by atoms with E-state index in [2.05, 4.69) is 20.3 Å². The van der Waals surface area contributed by atoms with Gasteiger partial charge in [-0.3, -0.25) is 10.2 Å². The number of hydrogen-bond donors (Lipinski definition) is 3. The van der Waals surface area contributed by atoms with Crippen LogP contribution in [-0.2, 0) is 15.7 Å². The number of carbonyl (C=O) groups is 1. The summed E-state index contributed by atoms with van der Waals surface area (Å²) in [4.78, 5) is 24.4. The van der Waals surface area contributed by atoms with E-state index in [1.165, 1.54) is 0 Å². The highest BCUT2D eigenvalue weighted by Crippen LogP contribution is 2.31. The molecule has 1 aliphatic rings. The number of benzene rings is 2. The van der Waals surface area contributed by atoms with E-state index in [0.717, 1.165) is 10.9 Å². The van der Waals surface area contributed by atoms with E-state index in [1.54, 1.807) is 24.3 Å². The second-order valence-corrected chi connectivity index (χ2v) is 7.54. The van der Waals surface area contributed by atoms with Crippen LogP contribution in [0.15, 0.2) is 70.0 Å². The number of ether oxygens (including phenoxy) is 1. The molecule has 12 heteroatoms. The van der Waals surface area contributed by atoms with E-state index >= 15 is 0 Å². The van der Waals surface area contributed by atoms with Crippen LogP contribution >= 0.6 is 11.3 Å². The first kappa shape index (κ1) is 22.1. The summed E-state index contributed by atoms with van der Waals surface area (Å²) in [5.41, 5.74) is 7.77. The Hall–Kier alpha value is -4.06. The van der Waals surface area contributed by atoms with Gasteiger partial charge in [0.1, 0.15) is 5.69 Å². The predicted octanol–water partition coefficient (Wildman–Crippen LogP) is 3.63. The number of amides is 1. The second-order valence-electron chi connectivity index (χ2n) is 6.69. The number of halogens is 3. The zero-order valence-electron chi connectivity index (χ0n) is 16.6. The van der Waals surface area contributed by atoms with Crippen LogP contribution in [0, 0.1) is 5.41 Å². The summed E-state index contributed by atoms with van der Waals surface area (Å²) in [6, 6.07) is 15.6. The van der Waals surface area contributed by atoms with Gasteiger partial charge in [0.2, 0.25) is 12.1 Å². The molecule has 1 aromatic heterocycles. The van der Waals surface area contributed by atoms with Crippen molar-refractivity contribution in [3.05, 3.63) is 81.8 Å². The summed E-state index contributed by atoms with van der Waals surface area (Å²) in [6.07, 6.45) is -6.00. The van der Waals surface area contributed by atoms with Crippen molar-refractivity contribution in [1.29, 1.82) is 5.41 Å². The fourth-order valence-corrected chi connectivity index (χ4v) is 3.64. The molecular weight excluding hydrogens is 457 g/mol. The molecule has 2 heterocycles. The minimum atomic E-state index is -4.64. The van der Waals surface area contributed by atoms with Gasteiger partial charge in [0.25, 0.3) is 11.9 Å². The third kappa shape index (κ3) is 4.90. The molecule has 0 radical (unpaired) electrons. The molecule has 4 N–H and O–H groups in total. The Balaban J connectivity index is 1.63. The number of anilines is 1. The van der Waals surface area contributed by atoms with Crippen molar-refractivity contribution in [2.45, 2.75) is 12.3 Å². The standard InChI is InChI=1S/C21H15F3N6O2S/c22-21(23,24)19-28-14(10-33-19)16(25)32-20(26)30-17-18(31)27-13-9-5-4-8-12(13)15(29-17)11-6-2-1-3-7-11/h1-10,17,25H,(H2,26,30)(H,27,31). The summed E-state index contributed by atoms with van der Waals surface area (Å²) >= 11 is 0.318. The molecule has 3 aromatic rings. The Bertz CT molecular complexity index is 1270. The number of rotatable bonds is 3. The third-order valence-corrected chi connectivity index (χ3v) is 5.30. The zero-order chi connectivity index (χ0) is 23.6. The van der Waals surface area contributed by atoms with Crippen LogP contribution in [0.3, 0.4) is 0 Å². The zero-order valence-corrected chi connectivity index (χ0v) is 17.4. The quantitative estimate of drug-likeness (QED) is 0.397. The van der Waals surface area contributed by atoms with Gasteiger partial charge in [0, 0.05) is 16.5 Å². The lowest BCUT2D eigenvalue weighted by Gasteiger charge is -2.09. The molecule has 0 fully saturated rings. The molecular formula is C21H15F3N6O2S. The molecule has 1 aliphatic heterocycles. The van der Waals surface area contributed by atoms with Gasteiger partial charge in [-0.1, -0.05) is 48.5 Å². The van der Waals surface area contributed by atoms with Crippen molar-refractivity contribution < 1.29 is 22.7 Å². The molecule has 2 aromatic carbocycles. The highest BCUT2D eigenvalue weighted by Gasteiger charge is 2.35. The highest BCUT2D eigenvalue weighted by atomic mass is 32.1. The number of alkyl halides is 3. The maximum Gasteiger partial charge on any atom is 0.443 e. The normalized spacial score (nSPS) is 16.3. The number of thiazole rings is 1. The third-order valence-electron chi connectivity index (χ3n) is 4.41. The summed E-state index contributed by atoms with van der Waals surface area (Å²) in [5.74, 6) is -1.34. The van der Waals surface area contributed by atoms with Gasteiger partial charge in [0.05, 0.1) is 11.4 Å². The SMILES string of the molecule is N=C(O/C(N)=N/C1N=C(c2ccccc2)c2ccccc2NC1=O)c1csc(C(F)(F)F)n1. The molecule has 4 rings (SSSR count). The first-order chi connectivity index (χ1) is 15.7. The Labute approximate surface area is 189 Å². The molecule has 8 nitrogen and oxygen atoms in total. The number of nitrogens with two attached hydrogens (primary N) is 1. The number of aliphatic imine (C=N–C) groups is 2. The lowest BCUT2D eigenvalue weighted by molar-refractivity contribution is -0.137. The van der Waals surface area contributed by atoms with E-state index in [4.69, 9.17) is 15.9 Å². The Kier molecular flexibility index (Phi) is 5.92. The first-order valence-corrected chi connectivity index (χ1v) is 10.3. The first-order valence-electron chi connectivity index (χ1n) is 9.38. The van der Waals surface area contributed by atoms with Crippen molar-refractivity contribution in [3.8, 4) is 0 Å². The molecule has 0 saturated heterocycles. The lowest BCUT2D eigenvalue weighted by atomic mass is 10.0. The molecule has 1 unspecified atom stereocenters. The fourth-order valence-electron chi connectivity index (χ4n) is 2.97. The van der Waals surface area contributed by atoms with Gasteiger partial charge in [-0.25, -0.2) is 9.98 Å². The number of benzodiazepines with no additional fused rings is 1. The Morgan fingerprint density at radius 1 is 1.15 bits per heavy atom. The molecule has 168 valence electrons. The van der Waals surface area contributed by atoms with Gasteiger partial charge in [-0.05, 0) is 6.07 Å². The van der Waals surface area contributed by atoms with E-state index in [1.807, 2.05) is 30.3 Å². The molecule has 1 amide bonds. The van der Waals surface area contributed by atoms with Crippen LogP contribution in [0.25, 0.3) is 0 Å². The Morgan fingerprint density at radius 2 is 1.85 bits per heavy atom. The lowest BCUT2D eigenvalue weighted by Crippen LogP contribution is -2.29. The van der Waals surface area contributed by atoms with Gasteiger partial charge in [-0.2, -0.15) is 18.2 Å². The summed E-state index contributed by atoms with van der Waals surface area (Å²) < 4.78 is 43.2. The number of carbonyl (C=O) groups excluding carboxylic acids is 1. The largest absolute Gasteiger partial charge is 0.443 e. The van der Waals surface area contributed by atoms with Crippen LogP contribution < -0.4 is 11.1 Å². The minimum absolute atomic E-state index is 0.318. The predicted molar refractivity (Wildman–Crippen MR) is 118 cm³/mol.